The van der Waals surface area contributed by atoms with Crippen molar-refractivity contribution in [2.45, 2.75) is 38.5 Å². The molecule has 13 heteroatoms. The fraction of sp³-hybridized carbons (Fsp3) is 0.400. The third-order valence-electron chi connectivity index (χ3n) is 6.85. The number of nitrogens with zero attached hydrogens (tertiary/aromatic N) is 6. The zero-order chi connectivity index (χ0) is 27.0. The first-order valence-electron chi connectivity index (χ1n) is 12.4. The minimum absolute atomic E-state index is 0.0167. The number of hydrogen-bond donors (Lipinski definition) is 3. The van der Waals surface area contributed by atoms with Crippen LogP contribution in [0.15, 0.2) is 36.5 Å². The van der Waals surface area contributed by atoms with E-state index in [0.29, 0.717) is 23.8 Å². The first kappa shape index (κ1) is 25.7. The Kier molecular flexibility index (Phi) is 7.04. The lowest BCUT2D eigenvalue weighted by molar-refractivity contribution is -0.157. The monoisotopic (exact) mass is 538 g/mol. The van der Waals surface area contributed by atoms with E-state index in [0.717, 1.165) is 15.8 Å². The number of anilines is 1. The zero-order valence-electron chi connectivity index (χ0n) is 21.2. The first-order chi connectivity index (χ1) is 18.3. The number of urea groups is 1. The molecule has 4 N–H and O–H groups in total. The number of nitrogens with two attached hydrogens (primary N) is 1. The van der Waals surface area contributed by atoms with Crippen LogP contribution in [0.1, 0.15) is 24.6 Å². The summed E-state index contributed by atoms with van der Waals surface area (Å²) in [5.41, 5.74) is 8.12. The van der Waals surface area contributed by atoms with Gasteiger partial charge in [-0.3, -0.25) is 19.6 Å². The van der Waals surface area contributed by atoms with E-state index in [2.05, 4.69) is 15.3 Å². The number of benzene rings is 1. The van der Waals surface area contributed by atoms with Crippen LogP contribution >= 0.6 is 11.3 Å². The lowest BCUT2D eigenvalue weighted by Gasteiger charge is -2.46. The van der Waals surface area contributed by atoms with Crippen molar-refractivity contribution in [3.05, 3.63) is 47.8 Å². The molecule has 4 amide bonds. The molecule has 12 nitrogen and oxygen atoms in total. The third-order valence-corrected chi connectivity index (χ3v) is 7.70. The van der Waals surface area contributed by atoms with Crippen LogP contribution in [-0.4, -0.2) is 91.6 Å². The Bertz CT molecular complexity index is 1360. The number of aromatic hydroxyl groups is 1. The summed E-state index contributed by atoms with van der Waals surface area (Å²) in [7, 11) is 1.55. The van der Waals surface area contributed by atoms with Gasteiger partial charge < -0.3 is 26.0 Å². The van der Waals surface area contributed by atoms with Gasteiger partial charge in [0.2, 0.25) is 11.8 Å². The predicted molar refractivity (Wildman–Crippen MR) is 142 cm³/mol. The van der Waals surface area contributed by atoms with E-state index in [9.17, 15) is 19.5 Å². The van der Waals surface area contributed by atoms with Gasteiger partial charge >= 0.3 is 6.03 Å². The van der Waals surface area contributed by atoms with E-state index >= 15 is 0 Å². The number of nitrogens with one attached hydrogen (secondary N) is 1. The molecule has 0 radical (unpaired) electrons. The topological polar surface area (TPSA) is 148 Å². The second kappa shape index (κ2) is 10.4. The summed E-state index contributed by atoms with van der Waals surface area (Å²) in [6, 6.07) is 7.78. The summed E-state index contributed by atoms with van der Waals surface area (Å²) >= 11 is 1.39. The van der Waals surface area contributed by atoms with Gasteiger partial charge in [0, 0.05) is 32.3 Å². The second-order valence-corrected chi connectivity index (χ2v) is 10.4. The molecule has 4 heterocycles. The summed E-state index contributed by atoms with van der Waals surface area (Å²) in [6.45, 7) is 2.86. The van der Waals surface area contributed by atoms with Gasteiger partial charge in [0.25, 0.3) is 0 Å². The number of fused-ring (bicyclic) bond motifs is 2. The molecule has 0 bridgehead atoms. The Morgan fingerprint density at radius 3 is 2.82 bits per heavy atom. The molecular formula is C25H30N8O4S. The Hall–Kier alpha value is -3.97. The second-order valence-electron chi connectivity index (χ2n) is 9.32. The van der Waals surface area contributed by atoms with Crippen molar-refractivity contribution in [3.63, 3.8) is 0 Å². The van der Waals surface area contributed by atoms with Gasteiger partial charge in [0.15, 0.2) is 5.13 Å². The maximum atomic E-state index is 13.9. The zero-order valence-corrected chi connectivity index (χ0v) is 22.0. The Morgan fingerprint density at radius 2 is 2.11 bits per heavy atom. The van der Waals surface area contributed by atoms with Crippen molar-refractivity contribution in [3.8, 4) is 5.75 Å². The van der Waals surface area contributed by atoms with Gasteiger partial charge in [-0.1, -0.05) is 30.4 Å². The fourth-order valence-corrected chi connectivity index (χ4v) is 5.95. The largest absolute Gasteiger partial charge is 0.506 e. The van der Waals surface area contributed by atoms with E-state index in [1.54, 1.807) is 32.9 Å². The quantitative estimate of drug-likeness (QED) is 0.409. The number of para-hydroxylation sites is 1. The minimum atomic E-state index is -0.823. The Balaban J connectivity index is 1.52. The van der Waals surface area contributed by atoms with E-state index in [1.165, 1.54) is 23.6 Å². The van der Waals surface area contributed by atoms with Crippen LogP contribution in [0, 0.1) is 0 Å². The molecule has 2 fully saturated rings. The van der Waals surface area contributed by atoms with E-state index in [-0.39, 0.29) is 49.7 Å². The standard InChI is InChI=1S/C25H30N8O4S/c1-3-9-31(25(37)27-2)32-14-21(35)33-18(10-16-7-8-17(34)11-28-16)23(36)30(13-20(32)33)12-15-5-4-6-19-22(15)29-24(26)38-19/h4-8,11,18,20,34H,3,9-10,12-14H2,1-2H3,(H2,26,29)(H,27,37)/t18-,20+/m0/s1. The van der Waals surface area contributed by atoms with Crippen LogP contribution in [0.5, 0.6) is 5.75 Å². The summed E-state index contributed by atoms with van der Waals surface area (Å²) in [5.74, 6) is -0.428. The molecule has 2 aliphatic rings. The van der Waals surface area contributed by atoms with E-state index < -0.39 is 12.2 Å². The van der Waals surface area contributed by atoms with Crippen molar-refractivity contribution < 1.29 is 19.5 Å². The molecule has 0 aliphatic carbocycles. The molecule has 2 aliphatic heterocycles. The molecule has 5 rings (SSSR count). The lowest BCUT2D eigenvalue weighted by atomic mass is 10.0. The molecule has 0 unspecified atom stereocenters. The summed E-state index contributed by atoms with van der Waals surface area (Å²) in [5, 5.41) is 16.1. The van der Waals surface area contributed by atoms with Crippen molar-refractivity contribution in [2.75, 3.05) is 32.4 Å². The van der Waals surface area contributed by atoms with Gasteiger partial charge in [0.05, 0.1) is 29.5 Å². The highest BCUT2D eigenvalue weighted by Crippen LogP contribution is 2.32. The number of aromatic nitrogens is 2. The average molecular weight is 539 g/mol. The maximum absolute atomic E-state index is 13.9. The average Bonchev–Trinajstić information content (AvgIpc) is 3.45. The van der Waals surface area contributed by atoms with Crippen LogP contribution < -0.4 is 11.1 Å². The van der Waals surface area contributed by atoms with Crippen molar-refractivity contribution in [1.82, 2.24) is 35.1 Å². The highest BCUT2D eigenvalue weighted by atomic mass is 32.1. The molecule has 38 heavy (non-hydrogen) atoms. The SMILES string of the molecule is CCCN(C(=O)NC)N1CC(=O)N2[C@@H](Cc3ccc(O)cn3)C(=O)N(Cc3cccc4sc(N)nc34)C[C@@H]21. The van der Waals surface area contributed by atoms with E-state index in [1.807, 2.05) is 25.1 Å². The minimum Gasteiger partial charge on any atom is -0.506 e. The van der Waals surface area contributed by atoms with Crippen LogP contribution in [0.25, 0.3) is 10.2 Å². The van der Waals surface area contributed by atoms with Crippen LogP contribution in [0.2, 0.25) is 0 Å². The number of carbonyl (C=O) groups is 3. The van der Waals surface area contributed by atoms with Gasteiger partial charge in [-0.2, -0.15) is 5.01 Å². The summed E-state index contributed by atoms with van der Waals surface area (Å²) in [6.07, 6.45) is 1.65. The van der Waals surface area contributed by atoms with E-state index in [4.69, 9.17) is 5.73 Å². The fourth-order valence-electron chi connectivity index (χ4n) is 5.17. The van der Waals surface area contributed by atoms with Gasteiger partial charge in [0.1, 0.15) is 18.0 Å². The lowest BCUT2D eigenvalue weighted by Crippen LogP contribution is -2.66. The van der Waals surface area contributed by atoms with Crippen molar-refractivity contribution in [1.29, 1.82) is 0 Å². The molecule has 2 aromatic heterocycles. The molecule has 3 aromatic rings. The molecule has 200 valence electrons. The number of amides is 4. The molecule has 1 aromatic carbocycles. The normalized spacial score (nSPS) is 19.7. The first-order valence-corrected chi connectivity index (χ1v) is 13.3. The highest BCUT2D eigenvalue weighted by molar-refractivity contribution is 7.22. The van der Waals surface area contributed by atoms with Crippen LogP contribution in [-0.2, 0) is 22.6 Å². The number of nitrogen functional groups attached to an aromatic ring is 1. The Labute approximate surface area is 223 Å². The number of rotatable bonds is 7. The summed E-state index contributed by atoms with van der Waals surface area (Å²) in [4.78, 5) is 52.1. The summed E-state index contributed by atoms with van der Waals surface area (Å²) < 4.78 is 0.933. The molecule has 0 spiro atoms. The molecular weight excluding hydrogens is 508 g/mol. The third kappa shape index (κ3) is 4.70. The van der Waals surface area contributed by atoms with Crippen molar-refractivity contribution >= 4 is 44.5 Å². The predicted octanol–water partition coefficient (Wildman–Crippen LogP) is 1.37. The van der Waals surface area contributed by atoms with Gasteiger partial charge in [-0.25, -0.2) is 9.78 Å². The number of piperazine rings is 1. The van der Waals surface area contributed by atoms with Crippen molar-refractivity contribution in [2.24, 2.45) is 0 Å². The number of hydrogen-bond acceptors (Lipinski definition) is 9. The smallest absolute Gasteiger partial charge is 0.331 e. The number of thiazole rings is 1. The Morgan fingerprint density at radius 1 is 1.29 bits per heavy atom. The van der Waals surface area contributed by atoms with Gasteiger partial charge in [-0.15, -0.1) is 0 Å². The molecule has 2 saturated heterocycles. The van der Waals surface area contributed by atoms with Crippen LogP contribution in [0.3, 0.4) is 0 Å². The van der Waals surface area contributed by atoms with Gasteiger partial charge in [-0.05, 0) is 30.2 Å². The number of carbonyl (C=O) groups excluding carboxylic acids is 3. The number of hydrazine groups is 1. The van der Waals surface area contributed by atoms with Crippen LogP contribution in [0.4, 0.5) is 9.93 Å². The number of pyridine rings is 1. The molecule has 2 atom stereocenters. The highest BCUT2D eigenvalue weighted by Gasteiger charge is 2.52. The molecule has 0 saturated carbocycles. The maximum Gasteiger partial charge on any atom is 0.331 e.